The third-order valence-electron chi connectivity index (χ3n) is 6.19. The van der Waals surface area contributed by atoms with Gasteiger partial charge in [0.25, 0.3) is 0 Å². The van der Waals surface area contributed by atoms with E-state index >= 15 is 0 Å². The number of carboxylic acid groups (broad SMARTS) is 1. The molecule has 0 aliphatic carbocycles. The predicted molar refractivity (Wildman–Crippen MR) is 125 cm³/mol. The average molecular weight is 458 g/mol. The number of carbonyl (C=O) groups is 3. The van der Waals surface area contributed by atoms with E-state index in [9.17, 15) is 19.5 Å². The van der Waals surface area contributed by atoms with Crippen LogP contribution < -0.4 is 33.2 Å². The number of unbranched alkanes of at least 4 members (excludes halogenated alkanes) is 1. The molecule has 0 saturated heterocycles. The maximum atomic E-state index is 12.9. The topological polar surface area (TPSA) is 209 Å². The fourth-order valence-corrected chi connectivity index (χ4v) is 2.98. The lowest BCUT2D eigenvalue weighted by atomic mass is 9.65. The first-order chi connectivity index (χ1) is 14.8. The fourth-order valence-electron chi connectivity index (χ4n) is 2.98. The van der Waals surface area contributed by atoms with E-state index in [4.69, 9.17) is 22.6 Å². The second-order valence-electron chi connectivity index (χ2n) is 9.30. The van der Waals surface area contributed by atoms with E-state index in [2.05, 4.69) is 16.0 Å². The molecule has 32 heavy (non-hydrogen) atoms. The molecule has 0 aliphatic rings. The minimum atomic E-state index is -0.929. The molecular weight excluding hydrogens is 414 g/mol. The fraction of sp³-hybridized carbons (Fsp3) is 0.810. The van der Waals surface area contributed by atoms with Gasteiger partial charge in [0.1, 0.15) is 6.04 Å². The molecule has 0 rings (SSSR count). The normalized spacial score (nSPS) is 13.8. The van der Waals surface area contributed by atoms with Crippen molar-refractivity contribution in [3.05, 3.63) is 0 Å². The van der Waals surface area contributed by atoms with Crippen LogP contribution >= 0.6 is 0 Å². The number of aliphatic carboxylic acids is 1. The van der Waals surface area contributed by atoms with Gasteiger partial charge in [-0.15, -0.1) is 0 Å². The minimum absolute atomic E-state index is 0.141. The number of amides is 1. The molecule has 11 nitrogen and oxygen atoms in total. The first kappa shape index (κ1) is 29.8. The quantitative estimate of drug-likeness (QED) is 0.0801. The van der Waals surface area contributed by atoms with E-state index in [1.54, 1.807) is 13.8 Å². The standard InChI is InChI=1S/C21H43N7O4/c1-20(2,13-28-15(18(31)32)9-5-6-10-22)21(3,4)16(29)12-27-17(30)14(23)8-7-11-26-19(24)25/h14-15,28H,5-13,22-23H2,1-4H3,(H,27,30)(H,31,32)(H4,24,25,26). The van der Waals surface area contributed by atoms with Crippen molar-refractivity contribution in [1.29, 1.82) is 5.41 Å². The van der Waals surface area contributed by atoms with Gasteiger partial charge in [0.15, 0.2) is 11.7 Å². The molecule has 0 aliphatic heterocycles. The third-order valence-corrected chi connectivity index (χ3v) is 6.19. The SMILES string of the molecule is CC(C)(CNC(CCCCN)C(=O)O)C(C)(C)C(=O)CNC(=O)C(N)CCCNC(=N)N. The van der Waals surface area contributed by atoms with Crippen LogP contribution in [-0.4, -0.2) is 67.0 Å². The number of carboxylic acids is 1. The highest BCUT2D eigenvalue weighted by molar-refractivity contribution is 5.91. The highest BCUT2D eigenvalue weighted by Crippen LogP contribution is 2.38. The summed E-state index contributed by atoms with van der Waals surface area (Å²) < 4.78 is 0. The minimum Gasteiger partial charge on any atom is -0.480 e. The number of Topliss-reactive ketones (excluding diaryl/α,β-unsaturated/α-hetero) is 1. The number of hydrogen-bond acceptors (Lipinski definition) is 7. The van der Waals surface area contributed by atoms with Crippen molar-refractivity contribution in [2.45, 2.75) is 71.9 Å². The van der Waals surface area contributed by atoms with Gasteiger partial charge >= 0.3 is 5.97 Å². The zero-order chi connectivity index (χ0) is 24.9. The Morgan fingerprint density at radius 2 is 1.66 bits per heavy atom. The summed E-state index contributed by atoms with van der Waals surface area (Å²) in [6.07, 6.45) is 2.88. The Morgan fingerprint density at radius 3 is 2.19 bits per heavy atom. The molecule has 0 spiro atoms. The maximum Gasteiger partial charge on any atom is 0.320 e. The summed E-state index contributed by atoms with van der Waals surface area (Å²) in [6, 6.07) is -1.47. The van der Waals surface area contributed by atoms with E-state index in [1.807, 2.05) is 13.8 Å². The van der Waals surface area contributed by atoms with Crippen LogP contribution in [-0.2, 0) is 14.4 Å². The van der Waals surface area contributed by atoms with Crippen LogP contribution in [0.5, 0.6) is 0 Å². The first-order valence-corrected chi connectivity index (χ1v) is 11.1. The third kappa shape index (κ3) is 10.4. The molecule has 186 valence electrons. The van der Waals surface area contributed by atoms with Crippen molar-refractivity contribution >= 4 is 23.6 Å². The number of ketones is 1. The lowest BCUT2D eigenvalue weighted by molar-refractivity contribution is -0.140. The first-order valence-electron chi connectivity index (χ1n) is 11.1. The van der Waals surface area contributed by atoms with Crippen LogP contribution in [0.4, 0.5) is 0 Å². The molecule has 0 heterocycles. The molecule has 11 heteroatoms. The van der Waals surface area contributed by atoms with Crippen LogP contribution in [0, 0.1) is 16.2 Å². The van der Waals surface area contributed by atoms with Crippen LogP contribution in [0.3, 0.4) is 0 Å². The molecule has 0 bridgehead atoms. The number of rotatable bonds is 17. The Bertz CT molecular complexity index is 638. The summed E-state index contributed by atoms with van der Waals surface area (Å²) in [4.78, 5) is 36.6. The number of nitrogens with one attached hydrogen (secondary N) is 4. The Hall–Kier alpha value is -2.24. The smallest absolute Gasteiger partial charge is 0.320 e. The Labute approximate surface area is 191 Å². The average Bonchev–Trinajstić information content (AvgIpc) is 2.70. The van der Waals surface area contributed by atoms with E-state index in [1.165, 1.54) is 0 Å². The maximum absolute atomic E-state index is 12.9. The van der Waals surface area contributed by atoms with Crippen LogP contribution in [0.25, 0.3) is 0 Å². The van der Waals surface area contributed by atoms with Gasteiger partial charge in [-0.05, 0) is 37.6 Å². The number of carbonyl (C=O) groups excluding carboxylic acids is 2. The zero-order valence-corrected chi connectivity index (χ0v) is 19.9. The van der Waals surface area contributed by atoms with Crippen LogP contribution in [0.2, 0.25) is 0 Å². The van der Waals surface area contributed by atoms with Gasteiger partial charge in [0, 0.05) is 18.5 Å². The number of hydrogen-bond donors (Lipinski definition) is 8. The summed E-state index contributed by atoms with van der Waals surface area (Å²) in [5.41, 5.74) is 15.1. The van der Waals surface area contributed by atoms with Gasteiger partial charge in [-0.25, -0.2) is 0 Å². The van der Waals surface area contributed by atoms with E-state index < -0.39 is 34.8 Å². The van der Waals surface area contributed by atoms with E-state index in [0.29, 0.717) is 45.3 Å². The summed E-state index contributed by atoms with van der Waals surface area (Å²) in [7, 11) is 0. The van der Waals surface area contributed by atoms with Crippen molar-refractivity contribution in [2.24, 2.45) is 28.0 Å². The predicted octanol–water partition coefficient (Wildman–Crippen LogP) is -0.514. The summed E-state index contributed by atoms with van der Waals surface area (Å²) in [5.74, 6) is -1.66. The van der Waals surface area contributed by atoms with Crippen molar-refractivity contribution in [3.8, 4) is 0 Å². The zero-order valence-electron chi connectivity index (χ0n) is 19.9. The van der Waals surface area contributed by atoms with Gasteiger partial charge in [0.05, 0.1) is 12.6 Å². The molecule has 11 N–H and O–H groups in total. The lowest BCUT2D eigenvalue weighted by Crippen LogP contribution is -2.52. The van der Waals surface area contributed by atoms with Gasteiger partial charge in [-0.2, -0.15) is 0 Å². The van der Waals surface area contributed by atoms with E-state index in [-0.39, 0.29) is 18.3 Å². The molecule has 0 aromatic carbocycles. The largest absolute Gasteiger partial charge is 0.480 e. The number of nitrogens with two attached hydrogens (primary N) is 3. The van der Waals surface area contributed by atoms with Gasteiger partial charge in [0.2, 0.25) is 5.91 Å². The van der Waals surface area contributed by atoms with Crippen LogP contribution in [0.15, 0.2) is 0 Å². The van der Waals surface area contributed by atoms with Gasteiger partial charge in [-0.3, -0.25) is 19.8 Å². The molecule has 0 aromatic rings. The highest BCUT2D eigenvalue weighted by Gasteiger charge is 2.43. The van der Waals surface area contributed by atoms with Crippen molar-refractivity contribution in [3.63, 3.8) is 0 Å². The molecule has 1 amide bonds. The summed E-state index contributed by atoms with van der Waals surface area (Å²) in [6.45, 7) is 8.49. The Balaban J connectivity index is 4.72. The molecule has 2 atom stereocenters. The monoisotopic (exact) mass is 457 g/mol. The molecule has 0 fully saturated rings. The highest BCUT2D eigenvalue weighted by atomic mass is 16.4. The molecule has 0 aromatic heterocycles. The molecular formula is C21H43N7O4. The summed E-state index contributed by atoms with van der Waals surface area (Å²) in [5, 5.41) is 24.8. The molecule has 0 radical (unpaired) electrons. The van der Waals surface area contributed by atoms with Crippen molar-refractivity contribution in [1.82, 2.24) is 16.0 Å². The number of guanidine groups is 1. The Morgan fingerprint density at radius 1 is 1.03 bits per heavy atom. The molecule has 0 saturated carbocycles. The summed E-state index contributed by atoms with van der Waals surface area (Å²) >= 11 is 0. The van der Waals surface area contributed by atoms with Gasteiger partial charge < -0.3 is 38.3 Å². The lowest BCUT2D eigenvalue weighted by Gasteiger charge is -2.41. The van der Waals surface area contributed by atoms with Gasteiger partial charge in [-0.1, -0.05) is 34.1 Å². The van der Waals surface area contributed by atoms with E-state index in [0.717, 1.165) is 6.42 Å². The second kappa shape index (κ2) is 14.0. The van der Waals surface area contributed by atoms with Crippen LogP contribution in [0.1, 0.15) is 59.8 Å². The van der Waals surface area contributed by atoms with Crippen molar-refractivity contribution < 1.29 is 19.5 Å². The Kier molecular flexibility index (Phi) is 13.0. The molecule has 2 unspecified atom stereocenters. The van der Waals surface area contributed by atoms with Crippen molar-refractivity contribution in [2.75, 3.05) is 26.2 Å². The second-order valence-corrected chi connectivity index (χ2v) is 9.30.